The third kappa shape index (κ3) is 4.02. The van der Waals surface area contributed by atoms with E-state index in [0.717, 1.165) is 32.2 Å². The van der Waals surface area contributed by atoms with Crippen LogP contribution in [-0.4, -0.2) is 39.5 Å². The summed E-state index contributed by atoms with van der Waals surface area (Å²) in [6.45, 7) is 1.19. The molecule has 0 bridgehead atoms. The Kier molecular flexibility index (Phi) is 5.24. The van der Waals surface area contributed by atoms with Crippen LogP contribution in [0.1, 0.15) is 25.7 Å². The zero-order valence-corrected chi connectivity index (χ0v) is 17.4. The number of nitrogens with one attached hydrogen (secondary N) is 1. The average Bonchev–Trinajstić information content (AvgIpc) is 3.39. The summed E-state index contributed by atoms with van der Waals surface area (Å²) in [6, 6.07) is 11.1. The maximum Gasteiger partial charge on any atom is 0.415 e. The lowest BCUT2D eigenvalue weighted by Crippen LogP contribution is -2.39. The number of carbonyl (C=O) groups is 1. The van der Waals surface area contributed by atoms with Gasteiger partial charge in [0.05, 0.1) is 18.4 Å². The fourth-order valence-electron chi connectivity index (χ4n) is 4.46. The van der Waals surface area contributed by atoms with Crippen molar-refractivity contribution in [1.82, 2.24) is 14.8 Å². The Morgan fingerprint density at radius 2 is 1.94 bits per heavy atom. The van der Waals surface area contributed by atoms with Crippen LogP contribution < -0.4 is 10.2 Å². The predicted molar refractivity (Wildman–Crippen MR) is 115 cm³/mol. The van der Waals surface area contributed by atoms with Gasteiger partial charge in [-0.25, -0.2) is 18.9 Å². The van der Waals surface area contributed by atoms with Crippen molar-refractivity contribution >= 4 is 17.6 Å². The fraction of sp³-hybridized carbons (Fsp3) is 0.348. The molecule has 166 valence electrons. The number of amides is 1. The number of benzene rings is 1. The number of hydrogen-bond acceptors (Lipinski definition) is 5. The first-order chi connectivity index (χ1) is 15.5. The van der Waals surface area contributed by atoms with Gasteiger partial charge in [-0.05, 0) is 55.9 Å². The van der Waals surface area contributed by atoms with Crippen molar-refractivity contribution in [3.8, 4) is 5.69 Å². The summed E-state index contributed by atoms with van der Waals surface area (Å²) in [5, 5.41) is 7.75. The van der Waals surface area contributed by atoms with E-state index >= 15 is 0 Å². The molecule has 5 rings (SSSR count). The third-order valence-electron chi connectivity index (χ3n) is 6.27. The van der Waals surface area contributed by atoms with Gasteiger partial charge in [-0.3, -0.25) is 4.90 Å². The van der Waals surface area contributed by atoms with Gasteiger partial charge < -0.3 is 10.1 Å². The van der Waals surface area contributed by atoms with E-state index in [2.05, 4.69) is 15.4 Å². The maximum absolute atomic E-state index is 13.9. The lowest BCUT2D eigenvalue weighted by atomic mass is 9.78. The second-order valence-corrected chi connectivity index (χ2v) is 8.40. The Hall–Kier alpha value is -3.49. The topological polar surface area (TPSA) is 72.3 Å². The van der Waals surface area contributed by atoms with Crippen LogP contribution in [0.25, 0.3) is 5.69 Å². The first kappa shape index (κ1) is 20.4. The van der Waals surface area contributed by atoms with E-state index in [4.69, 9.17) is 4.74 Å². The summed E-state index contributed by atoms with van der Waals surface area (Å²) in [5.74, 6) is 0.203. The van der Waals surface area contributed by atoms with Crippen LogP contribution in [0.4, 0.5) is 25.1 Å². The molecule has 1 aromatic carbocycles. The Bertz CT molecular complexity index is 1110. The van der Waals surface area contributed by atoms with Crippen molar-refractivity contribution in [3.63, 3.8) is 0 Å². The predicted octanol–water partition coefficient (Wildman–Crippen LogP) is 4.54. The van der Waals surface area contributed by atoms with Crippen molar-refractivity contribution in [2.24, 2.45) is 5.92 Å². The summed E-state index contributed by atoms with van der Waals surface area (Å²) in [7, 11) is 0. The number of para-hydroxylation sites is 1. The van der Waals surface area contributed by atoms with Gasteiger partial charge in [-0.1, -0.05) is 12.1 Å². The van der Waals surface area contributed by atoms with E-state index in [1.807, 2.05) is 6.07 Å². The molecule has 2 aromatic heterocycles. The first-order valence-electron chi connectivity index (χ1n) is 10.7. The molecule has 1 spiro atoms. The SMILES string of the molecule is O=C1O[C@]2(CC[C@H](CNc3ccn(-c4ccccc4F)n3)CC2)CN1c1ccc(F)nc1. The molecule has 32 heavy (non-hydrogen) atoms. The highest BCUT2D eigenvalue weighted by Gasteiger charge is 2.47. The van der Waals surface area contributed by atoms with Gasteiger partial charge in [0.15, 0.2) is 0 Å². The Balaban J connectivity index is 1.15. The minimum Gasteiger partial charge on any atom is -0.441 e. The Morgan fingerprint density at radius 1 is 1.12 bits per heavy atom. The van der Waals surface area contributed by atoms with Crippen molar-refractivity contribution < 1.29 is 18.3 Å². The molecule has 2 fully saturated rings. The number of halogens is 2. The van der Waals surface area contributed by atoms with Crippen molar-refractivity contribution in [2.45, 2.75) is 31.3 Å². The molecule has 9 heteroatoms. The zero-order chi connectivity index (χ0) is 22.1. The molecule has 1 aliphatic carbocycles. The van der Waals surface area contributed by atoms with Gasteiger partial charge in [-0.15, -0.1) is 0 Å². The number of anilines is 2. The summed E-state index contributed by atoms with van der Waals surface area (Å²) >= 11 is 0. The molecular formula is C23H23F2N5O2. The maximum atomic E-state index is 13.9. The van der Waals surface area contributed by atoms with Gasteiger partial charge in [0.2, 0.25) is 5.95 Å². The quantitative estimate of drug-likeness (QED) is 0.591. The zero-order valence-electron chi connectivity index (χ0n) is 17.4. The van der Waals surface area contributed by atoms with Crippen LogP contribution in [0.5, 0.6) is 0 Å². The molecule has 0 radical (unpaired) electrons. The van der Waals surface area contributed by atoms with E-state index in [0.29, 0.717) is 29.7 Å². The number of pyridine rings is 1. The van der Waals surface area contributed by atoms with Gasteiger partial charge >= 0.3 is 6.09 Å². The largest absolute Gasteiger partial charge is 0.441 e. The van der Waals surface area contributed by atoms with Crippen molar-refractivity contribution in [1.29, 1.82) is 0 Å². The van der Waals surface area contributed by atoms with Gasteiger partial charge in [-0.2, -0.15) is 9.49 Å². The minimum atomic E-state index is -0.581. The van der Waals surface area contributed by atoms with E-state index in [9.17, 15) is 13.6 Å². The minimum absolute atomic E-state index is 0.323. The Labute approximate surface area is 184 Å². The van der Waals surface area contributed by atoms with Crippen LogP contribution in [0.3, 0.4) is 0 Å². The smallest absolute Gasteiger partial charge is 0.415 e. The van der Waals surface area contributed by atoms with Crippen molar-refractivity contribution in [3.05, 3.63) is 66.6 Å². The van der Waals surface area contributed by atoms with E-state index in [1.165, 1.54) is 27.9 Å². The lowest BCUT2D eigenvalue weighted by molar-refractivity contribution is 0.0148. The molecular weight excluding hydrogens is 416 g/mol. The normalized spacial score (nSPS) is 22.9. The molecule has 0 unspecified atom stereocenters. The monoisotopic (exact) mass is 439 g/mol. The standard InChI is InChI=1S/C23H23F2N5O2/c24-18-3-1-2-4-19(18)30-12-9-21(28-30)27-13-16-7-10-23(11-8-16)15-29(22(31)32-23)17-5-6-20(25)26-14-17/h1-6,9,12,14,16H,7-8,10-11,13,15H2,(H,27,28)/t16-,23-. The highest BCUT2D eigenvalue weighted by molar-refractivity contribution is 5.90. The summed E-state index contributed by atoms with van der Waals surface area (Å²) < 4.78 is 34.3. The fourth-order valence-corrected chi connectivity index (χ4v) is 4.46. The molecule has 1 aliphatic heterocycles. The van der Waals surface area contributed by atoms with Crippen LogP contribution >= 0.6 is 0 Å². The number of nitrogens with zero attached hydrogens (tertiary/aromatic N) is 4. The highest BCUT2D eigenvalue weighted by atomic mass is 19.1. The summed E-state index contributed by atoms with van der Waals surface area (Å²) in [6.07, 6.45) is 6.01. The van der Waals surface area contributed by atoms with Crippen LogP contribution in [-0.2, 0) is 4.74 Å². The first-order valence-corrected chi connectivity index (χ1v) is 10.7. The number of carbonyl (C=O) groups excluding carboxylic acids is 1. The van der Waals surface area contributed by atoms with Crippen molar-refractivity contribution in [2.75, 3.05) is 23.3 Å². The molecule has 3 heterocycles. The van der Waals surface area contributed by atoms with E-state index in [-0.39, 0.29) is 5.82 Å². The molecule has 7 nitrogen and oxygen atoms in total. The van der Waals surface area contributed by atoms with Gasteiger partial charge in [0.25, 0.3) is 0 Å². The summed E-state index contributed by atoms with van der Waals surface area (Å²) in [5.41, 5.74) is 0.445. The Morgan fingerprint density at radius 3 is 2.69 bits per heavy atom. The number of rotatable bonds is 5. The summed E-state index contributed by atoms with van der Waals surface area (Å²) in [4.78, 5) is 17.6. The number of hydrogen-bond donors (Lipinski definition) is 1. The molecule has 0 atom stereocenters. The van der Waals surface area contributed by atoms with Crippen LogP contribution in [0, 0.1) is 17.7 Å². The number of aromatic nitrogens is 3. The van der Waals surface area contributed by atoms with E-state index < -0.39 is 17.6 Å². The molecule has 1 N–H and O–H groups in total. The molecule has 1 amide bonds. The highest BCUT2D eigenvalue weighted by Crippen LogP contribution is 2.40. The molecule has 3 aromatic rings. The molecule has 2 aliphatic rings. The van der Waals surface area contributed by atoms with Crippen LogP contribution in [0.15, 0.2) is 54.9 Å². The second kappa shape index (κ2) is 8.22. The molecule has 1 saturated carbocycles. The van der Waals surface area contributed by atoms with Gasteiger partial charge in [0.1, 0.15) is 22.9 Å². The average molecular weight is 439 g/mol. The van der Waals surface area contributed by atoms with Crippen LogP contribution in [0.2, 0.25) is 0 Å². The lowest BCUT2D eigenvalue weighted by Gasteiger charge is -2.35. The third-order valence-corrected chi connectivity index (χ3v) is 6.27. The van der Waals surface area contributed by atoms with Gasteiger partial charge in [0, 0.05) is 18.8 Å². The second-order valence-electron chi connectivity index (χ2n) is 8.40. The molecule has 1 saturated heterocycles. The van der Waals surface area contributed by atoms with E-state index in [1.54, 1.807) is 30.5 Å². The number of ether oxygens (including phenoxy) is 1.